The molecule has 1 aliphatic heterocycles. The number of benzene rings is 1. The predicted molar refractivity (Wildman–Crippen MR) is 94.1 cm³/mol. The average Bonchev–Trinajstić information content (AvgIpc) is 3.22. The van der Waals surface area contributed by atoms with E-state index in [2.05, 4.69) is 50.3 Å². The van der Waals surface area contributed by atoms with E-state index in [1.165, 1.54) is 5.56 Å². The maximum Gasteiger partial charge on any atom is 0.161 e. The molecule has 6 nitrogen and oxygen atoms in total. The fourth-order valence-corrected chi connectivity index (χ4v) is 3.38. The minimum atomic E-state index is 0.352. The zero-order chi connectivity index (χ0) is 16.5. The largest absolute Gasteiger partial charge is 0.384 e. The molecule has 2 aromatic heterocycles. The Morgan fingerprint density at radius 2 is 1.88 bits per heavy atom. The normalized spacial score (nSPS) is 17.4. The van der Waals surface area contributed by atoms with Gasteiger partial charge in [0.25, 0.3) is 0 Å². The first-order valence-corrected chi connectivity index (χ1v) is 8.18. The highest BCUT2D eigenvalue weighted by atomic mass is 15.3. The number of nitrogens with zero attached hydrogens (tertiary/aromatic N) is 5. The van der Waals surface area contributed by atoms with Crippen molar-refractivity contribution >= 4 is 11.6 Å². The van der Waals surface area contributed by atoms with E-state index in [0.29, 0.717) is 17.7 Å². The lowest BCUT2D eigenvalue weighted by Crippen LogP contribution is -2.24. The molecule has 1 fully saturated rings. The summed E-state index contributed by atoms with van der Waals surface area (Å²) < 4.78 is 1.66. The number of rotatable bonds is 3. The van der Waals surface area contributed by atoms with E-state index in [9.17, 15) is 0 Å². The van der Waals surface area contributed by atoms with Crippen LogP contribution in [0.4, 0.5) is 11.6 Å². The molecule has 3 aromatic rings. The molecule has 6 heteroatoms. The second-order valence-electron chi connectivity index (χ2n) is 6.12. The predicted octanol–water partition coefficient (Wildman–Crippen LogP) is 2.89. The molecule has 4 rings (SSSR count). The lowest BCUT2D eigenvalue weighted by atomic mass is 10.0. The van der Waals surface area contributed by atoms with E-state index in [0.717, 1.165) is 30.9 Å². The fraction of sp³-hybridized carbons (Fsp3) is 0.278. The molecule has 0 radical (unpaired) electrons. The Morgan fingerprint density at radius 3 is 2.62 bits per heavy atom. The lowest BCUT2D eigenvalue weighted by Gasteiger charge is -2.26. The molecule has 0 amide bonds. The summed E-state index contributed by atoms with van der Waals surface area (Å²) in [6.07, 6.45) is 3.87. The zero-order valence-corrected chi connectivity index (χ0v) is 13.6. The van der Waals surface area contributed by atoms with Gasteiger partial charge in [-0.25, -0.2) is 9.97 Å². The average molecular weight is 320 g/mol. The van der Waals surface area contributed by atoms with Crippen LogP contribution < -0.4 is 10.6 Å². The van der Waals surface area contributed by atoms with Crippen molar-refractivity contribution in [2.75, 3.05) is 17.2 Å². The molecule has 0 bridgehead atoms. The van der Waals surface area contributed by atoms with Crippen LogP contribution in [0.1, 0.15) is 30.1 Å². The van der Waals surface area contributed by atoms with Gasteiger partial charge < -0.3 is 10.6 Å². The molecule has 1 atom stereocenters. The Labute approximate surface area is 141 Å². The number of anilines is 2. The summed E-state index contributed by atoms with van der Waals surface area (Å²) in [7, 11) is 0. The molecule has 1 saturated heterocycles. The van der Waals surface area contributed by atoms with Gasteiger partial charge in [0.15, 0.2) is 5.82 Å². The van der Waals surface area contributed by atoms with Crippen molar-refractivity contribution in [2.45, 2.75) is 25.8 Å². The summed E-state index contributed by atoms with van der Waals surface area (Å²) in [5, 5.41) is 4.41. The summed E-state index contributed by atoms with van der Waals surface area (Å²) in [5.74, 6) is 2.20. The van der Waals surface area contributed by atoms with Gasteiger partial charge in [-0.3, -0.25) is 0 Å². The molecule has 24 heavy (non-hydrogen) atoms. The molecular weight excluding hydrogens is 300 g/mol. The van der Waals surface area contributed by atoms with Crippen molar-refractivity contribution in [3.63, 3.8) is 0 Å². The van der Waals surface area contributed by atoms with Crippen LogP contribution in [0.2, 0.25) is 0 Å². The Hall–Kier alpha value is -2.89. The quantitative estimate of drug-likeness (QED) is 0.803. The Kier molecular flexibility index (Phi) is 3.65. The first-order valence-electron chi connectivity index (χ1n) is 8.18. The molecule has 122 valence electrons. The lowest BCUT2D eigenvalue weighted by molar-refractivity contribution is 0.708. The molecule has 1 aromatic carbocycles. The van der Waals surface area contributed by atoms with Crippen LogP contribution in [0.25, 0.3) is 5.82 Å². The van der Waals surface area contributed by atoms with E-state index in [1.807, 2.05) is 19.1 Å². The molecule has 2 N–H and O–H groups in total. The highest BCUT2D eigenvalue weighted by Crippen LogP contribution is 2.35. The third-order valence-electron chi connectivity index (χ3n) is 4.45. The molecule has 1 aliphatic rings. The van der Waals surface area contributed by atoms with E-state index in [-0.39, 0.29) is 0 Å². The molecule has 1 unspecified atom stereocenters. The van der Waals surface area contributed by atoms with Gasteiger partial charge in [-0.2, -0.15) is 9.78 Å². The minimum absolute atomic E-state index is 0.352. The summed E-state index contributed by atoms with van der Waals surface area (Å²) in [6.45, 7) is 2.91. The number of hydrogen-bond donors (Lipinski definition) is 1. The first-order chi connectivity index (χ1) is 11.7. The summed E-state index contributed by atoms with van der Waals surface area (Å²) >= 11 is 0. The van der Waals surface area contributed by atoms with Gasteiger partial charge in [0.1, 0.15) is 18.0 Å². The topological polar surface area (TPSA) is 72.9 Å². The smallest absolute Gasteiger partial charge is 0.161 e. The van der Waals surface area contributed by atoms with Crippen molar-refractivity contribution in [3.05, 3.63) is 60.0 Å². The van der Waals surface area contributed by atoms with Crippen molar-refractivity contribution in [2.24, 2.45) is 0 Å². The van der Waals surface area contributed by atoms with E-state index >= 15 is 0 Å². The first kappa shape index (κ1) is 14.7. The molecule has 0 spiro atoms. The van der Waals surface area contributed by atoms with Gasteiger partial charge in [-0.15, -0.1) is 0 Å². The van der Waals surface area contributed by atoms with Crippen LogP contribution >= 0.6 is 0 Å². The van der Waals surface area contributed by atoms with Gasteiger partial charge in [-0.1, -0.05) is 30.3 Å². The molecule has 0 saturated carbocycles. The second kappa shape index (κ2) is 5.96. The van der Waals surface area contributed by atoms with Gasteiger partial charge in [0.05, 0.1) is 11.7 Å². The number of aromatic nitrogens is 4. The number of nitrogen functional groups attached to an aromatic ring is 1. The maximum absolute atomic E-state index is 6.02. The van der Waals surface area contributed by atoms with Crippen molar-refractivity contribution in [3.8, 4) is 5.82 Å². The van der Waals surface area contributed by atoms with Crippen LogP contribution in [-0.4, -0.2) is 26.3 Å². The zero-order valence-electron chi connectivity index (χ0n) is 13.6. The fourth-order valence-electron chi connectivity index (χ4n) is 3.38. The van der Waals surface area contributed by atoms with E-state index in [1.54, 1.807) is 11.0 Å². The van der Waals surface area contributed by atoms with Crippen LogP contribution in [0.5, 0.6) is 0 Å². The Morgan fingerprint density at radius 1 is 1.08 bits per heavy atom. The van der Waals surface area contributed by atoms with Gasteiger partial charge in [0, 0.05) is 18.7 Å². The summed E-state index contributed by atoms with van der Waals surface area (Å²) in [6, 6.07) is 14.7. The number of nitrogens with two attached hydrogens (primary N) is 1. The van der Waals surface area contributed by atoms with Crippen LogP contribution in [0, 0.1) is 6.92 Å². The minimum Gasteiger partial charge on any atom is -0.384 e. The molecule has 0 aliphatic carbocycles. The second-order valence-corrected chi connectivity index (χ2v) is 6.12. The standard InChI is InChI=1S/C18H20N6/c1-13-10-16(19)24(22-13)18-11-17(20-12-21-18)23-9-5-8-15(23)14-6-3-2-4-7-14/h2-4,6-7,10-12,15H,5,8-9,19H2,1H3. The third-order valence-corrected chi connectivity index (χ3v) is 4.45. The monoisotopic (exact) mass is 320 g/mol. The highest BCUT2D eigenvalue weighted by molar-refractivity contribution is 5.49. The van der Waals surface area contributed by atoms with Crippen LogP contribution in [0.15, 0.2) is 48.8 Å². The van der Waals surface area contributed by atoms with Gasteiger partial charge in [-0.05, 0) is 25.3 Å². The third kappa shape index (κ3) is 2.60. The van der Waals surface area contributed by atoms with Crippen LogP contribution in [-0.2, 0) is 0 Å². The molecule has 3 heterocycles. The van der Waals surface area contributed by atoms with Crippen molar-refractivity contribution in [1.29, 1.82) is 0 Å². The van der Waals surface area contributed by atoms with Crippen molar-refractivity contribution < 1.29 is 0 Å². The Balaban J connectivity index is 1.69. The summed E-state index contributed by atoms with van der Waals surface area (Å²) in [5.41, 5.74) is 8.22. The highest BCUT2D eigenvalue weighted by Gasteiger charge is 2.27. The van der Waals surface area contributed by atoms with Crippen molar-refractivity contribution in [1.82, 2.24) is 19.7 Å². The van der Waals surface area contributed by atoms with E-state index in [4.69, 9.17) is 5.73 Å². The van der Waals surface area contributed by atoms with Gasteiger partial charge in [0.2, 0.25) is 0 Å². The SMILES string of the molecule is Cc1cc(N)n(-c2cc(N3CCCC3c3ccccc3)ncn2)n1. The molecular formula is C18H20N6. The Bertz CT molecular complexity index is 842. The van der Waals surface area contributed by atoms with E-state index < -0.39 is 0 Å². The van der Waals surface area contributed by atoms with Crippen LogP contribution in [0.3, 0.4) is 0 Å². The van der Waals surface area contributed by atoms with Gasteiger partial charge >= 0.3 is 0 Å². The maximum atomic E-state index is 6.02. The summed E-state index contributed by atoms with van der Waals surface area (Å²) in [4.78, 5) is 11.2. The number of hydrogen-bond acceptors (Lipinski definition) is 5. The number of aryl methyl sites for hydroxylation is 1.